The Morgan fingerprint density at radius 2 is 0.703 bits per heavy atom. The highest BCUT2D eigenvalue weighted by Crippen LogP contribution is 2.15. The van der Waals surface area contributed by atoms with Gasteiger partial charge in [0, 0.05) is 19.3 Å². The molecule has 6 nitrogen and oxygen atoms in total. The first kappa shape index (κ1) is 60.6. The molecular weight excluding hydrogens is 793 g/mol. The fourth-order valence-electron chi connectivity index (χ4n) is 7.28. The van der Waals surface area contributed by atoms with Crippen molar-refractivity contribution in [2.24, 2.45) is 0 Å². The van der Waals surface area contributed by atoms with Crippen LogP contribution in [0.1, 0.15) is 245 Å². The molecule has 0 fully saturated rings. The third-order valence-electron chi connectivity index (χ3n) is 11.3. The average Bonchev–Trinajstić information content (AvgIpc) is 3.29. The molecule has 0 N–H and O–H groups in total. The molecule has 0 saturated carbocycles. The summed E-state index contributed by atoms with van der Waals surface area (Å²) in [6.07, 6.45) is 67.3. The Bertz CT molecular complexity index is 1250. The minimum Gasteiger partial charge on any atom is -0.462 e. The lowest BCUT2D eigenvalue weighted by molar-refractivity contribution is -0.166. The third-order valence-corrected chi connectivity index (χ3v) is 11.3. The van der Waals surface area contributed by atoms with E-state index in [1.165, 1.54) is 135 Å². The number of ether oxygens (including phenoxy) is 3. The van der Waals surface area contributed by atoms with Gasteiger partial charge in [-0.1, -0.05) is 254 Å². The van der Waals surface area contributed by atoms with E-state index in [-0.39, 0.29) is 44.0 Å². The van der Waals surface area contributed by atoms with Gasteiger partial charge in [-0.15, -0.1) is 0 Å². The van der Waals surface area contributed by atoms with Crippen LogP contribution < -0.4 is 0 Å². The van der Waals surface area contributed by atoms with Crippen molar-refractivity contribution in [3.05, 3.63) is 85.1 Å². The smallest absolute Gasteiger partial charge is 0.306 e. The molecule has 0 aromatic carbocycles. The summed E-state index contributed by atoms with van der Waals surface area (Å²) in [4.78, 5) is 38.0. The summed E-state index contributed by atoms with van der Waals surface area (Å²) in [5.41, 5.74) is 0. The highest BCUT2D eigenvalue weighted by Gasteiger charge is 2.19. The Morgan fingerprint density at radius 1 is 0.344 bits per heavy atom. The van der Waals surface area contributed by atoms with Gasteiger partial charge in [0.1, 0.15) is 13.2 Å². The minimum absolute atomic E-state index is 0.110. The van der Waals surface area contributed by atoms with E-state index in [0.29, 0.717) is 19.3 Å². The van der Waals surface area contributed by atoms with Crippen LogP contribution in [0, 0.1) is 0 Å². The topological polar surface area (TPSA) is 78.9 Å². The number of unbranched alkanes of at least 4 members (excludes halogenated alkanes) is 26. The molecule has 0 aromatic rings. The van der Waals surface area contributed by atoms with E-state index >= 15 is 0 Å². The van der Waals surface area contributed by atoms with Crippen molar-refractivity contribution in [3.63, 3.8) is 0 Å². The highest BCUT2D eigenvalue weighted by molar-refractivity contribution is 5.71. The maximum absolute atomic E-state index is 12.8. The van der Waals surface area contributed by atoms with Gasteiger partial charge in [-0.25, -0.2) is 0 Å². The van der Waals surface area contributed by atoms with Crippen molar-refractivity contribution in [3.8, 4) is 0 Å². The summed E-state index contributed by atoms with van der Waals surface area (Å²) < 4.78 is 16.7. The zero-order chi connectivity index (χ0) is 46.5. The standard InChI is InChI=1S/C58H98O6/c1-4-7-10-13-16-19-22-25-27-28-29-31-33-36-39-42-45-48-51-57(60)63-54-55(53-62-56(59)50-47-44-41-38-35-32-24-21-18-15-12-9-6-3)64-58(61)52-49-46-43-40-37-34-30-26-23-20-17-14-11-8-5-2/h8,11,14,17,20,23,26,30,32,34-35,37,41,44,55H,4-7,9-10,12-13,15-16,18-19,21-22,24-25,27-29,31,33,36,38-40,42-43,45-54H2,1-3H3/b11-8-,17-14-,23-20-,30-26-,35-32-,37-34-,44-41-. The van der Waals surface area contributed by atoms with Gasteiger partial charge < -0.3 is 14.2 Å². The van der Waals surface area contributed by atoms with Gasteiger partial charge in [0.25, 0.3) is 0 Å². The van der Waals surface area contributed by atoms with Gasteiger partial charge in [0.2, 0.25) is 0 Å². The molecule has 0 aliphatic rings. The number of allylic oxidation sites excluding steroid dienone is 14. The van der Waals surface area contributed by atoms with Gasteiger partial charge >= 0.3 is 17.9 Å². The van der Waals surface area contributed by atoms with Gasteiger partial charge in [0.05, 0.1) is 0 Å². The van der Waals surface area contributed by atoms with E-state index in [1.54, 1.807) is 0 Å². The second-order valence-electron chi connectivity index (χ2n) is 17.5. The number of carbonyl (C=O) groups excluding carboxylic acids is 3. The fourth-order valence-corrected chi connectivity index (χ4v) is 7.28. The predicted molar refractivity (Wildman–Crippen MR) is 274 cm³/mol. The molecule has 0 bridgehead atoms. The second-order valence-corrected chi connectivity index (χ2v) is 17.5. The summed E-state index contributed by atoms with van der Waals surface area (Å²) in [6, 6.07) is 0. The number of esters is 3. The van der Waals surface area contributed by atoms with Crippen LogP contribution in [0.3, 0.4) is 0 Å². The summed E-state index contributed by atoms with van der Waals surface area (Å²) in [5.74, 6) is -1.02. The van der Waals surface area contributed by atoms with Crippen LogP contribution >= 0.6 is 0 Å². The average molecular weight is 891 g/mol. The van der Waals surface area contributed by atoms with Crippen LogP contribution in [0.4, 0.5) is 0 Å². The Kier molecular flexibility index (Phi) is 49.4. The Morgan fingerprint density at radius 3 is 1.19 bits per heavy atom. The largest absolute Gasteiger partial charge is 0.462 e. The van der Waals surface area contributed by atoms with Crippen molar-refractivity contribution in [2.75, 3.05) is 13.2 Å². The third kappa shape index (κ3) is 49.6. The molecule has 0 aromatic heterocycles. The molecule has 0 radical (unpaired) electrons. The van der Waals surface area contributed by atoms with Crippen LogP contribution in [0.15, 0.2) is 85.1 Å². The van der Waals surface area contributed by atoms with Crippen LogP contribution in [0.5, 0.6) is 0 Å². The summed E-state index contributed by atoms with van der Waals surface area (Å²) in [7, 11) is 0. The van der Waals surface area contributed by atoms with E-state index in [9.17, 15) is 14.4 Å². The van der Waals surface area contributed by atoms with Gasteiger partial charge in [-0.2, -0.15) is 0 Å². The normalized spacial score (nSPS) is 12.7. The predicted octanol–water partition coefficient (Wildman–Crippen LogP) is 17.6. The number of hydrogen-bond donors (Lipinski definition) is 0. The van der Waals surface area contributed by atoms with E-state index in [0.717, 1.165) is 57.8 Å². The molecule has 366 valence electrons. The first-order valence-corrected chi connectivity index (χ1v) is 26.7. The summed E-state index contributed by atoms with van der Waals surface area (Å²) >= 11 is 0. The zero-order valence-electron chi connectivity index (χ0n) is 41.8. The summed E-state index contributed by atoms with van der Waals surface area (Å²) in [6.45, 7) is 6.41. The van der Waals surface area contributed by atoms with E-state index in [1.807, 2.05) is 54.7 Å². The molecule has 0 saturated heterocycles. The first-order chi connectivity index (χ1) is 31.5. The van der Waals surface area contributed by atoms with Gasteiger partial charge in [0.15, 0.2) is 6.10 Å². The molecule has 0 spiro atoms. The second kappa shape index (κ2) is 52.2. The lowest BCUT2D eigenvalue weighted by Crippen LogP contribution is -2.30. The van der Waals surface area contributed by atoms with E-state index in [2.05, 4.69) is 51.2 Å². The SMILES string of the molecule is CC\C=C/C=C\C=C/C=C\C=C/CCCCCC(=O)OC(COC(=O)CC/C=C\C/C=C\CCCCCCCC)COC(=O)CCCCCCCCCCCCCCCCCCCC. The van der Waals surface area contributed by atoms with Crippen molar-refractivity contribution in [1.29, 1.82) is 0 Å². The van der Waals surface area contributed by atoms with Crippen molar-refractivity contribution in [2.45, 2.75) is 252 Å². The van der Waals surface area contributed by atoms with Crippen LogP contribution in [-0.2, 0) is 28.6 Å². The molecule has 0 aliphatic heterocycles. The van der Waals surface area contributed by atoms with Crippen molar-refractivity contribution >= 4 is 17.9 Å². The van der Waals surface area contributed by atoms with Crippen LogP contribution in [0.25, 0.3) is 0 Å². The molecule has 1 atom stereocenters. The molecule has 0 rings (SSSR count). The summed E-state index contributed by atoms with van der Waals surface area (Å²) in [5, 5.41) is 0. The Labute approximate surface area is 395 Å². The number of carbonyl (C=O) groups is 3. The van der Waals surface area contributed by atoms with Crippen LogP contribution in [-0.4, -0.2) is 37.2 Å². The number of rotatable bonds is 47. The molecule has 0 amide bonds. The molecule has 6 heteroatoms. The van der Waals surface area contributed by atoms with Gasteiger partial charge in [-0.3, -0.25) is 14.4 Å². The fraction of sp³-hybridized carbons (Fsp3) is 0.707. The quantitative estimate of drug-likeness (QED) is 0.0199. The first-order valence-electron chi connectivity index (χ1n) is 26.7. The molecule has 1 unspecified atom stereocenters. The number of hydrogen-bond acceptors (Lipinski definition) is 6. The maximum atomic E-state index is 12.8. The Hall–Kier alpha value is -3.41. The van der Waals surface area contributed by atoms with Crippen molar-refractivity contribution in [1.82, 2.24) is 0 Å². The highest BCUT2D eigenvalue weighted by atomic mass is 16.6. The van der Waals surface area contributed by atoms with E-state index in [4.69, 9.17) is 14.2 Å². The lowest BCUT2D eigenvalue weighted by Gasteiger charge is -2.18. The zero-order valence-corrected chi connectivity index (χ0v) is 41.8. The lowest BCUT2D eigenvalue weighted by atomic mass is 10.0. The van der Waals surface area contributed by atoms with Crippen LogP contribution in [0.2, 0.25) is 0 Å². The molecule has 0 heterocycles. The maximum Gasteiger partial charge on any atom is 0.306 e. The minimum atomic E-state index is -0.819. The molecular formula is C58H98O6. The van der Waals surface area contributed by atoms with Gasteiger partial charge in [-0.05, 0) is 57.8 Å². The monoisotopic (exact) mass is 891 g/mol. The van der Waals surface area contributed by atoms with E-state index < -0.39 is 6.10 Å². The molecule has 0 aliphatic carbocycles. The molecule has 64 heavy (non-hydrogen) atoms. The van der Waals surface area contributed by atoms with Crippen molar-refractivity contribution < 1.29 is 28.6 Å². The Balaban J connectivity index is 4.47.